The van der Waals surface area contributed by atoms with Crippen molar-refractivity contribution in [2.45, 2.75) is 0 Å². The molecule has 0 aliphatic heterocycles. The van der Waals surface area contributed by atoms with Crippen LogP contribution in [0.2, 0.25) is 0 Å². The lowest BCUT2D eigenvalue weighted by Crippen LogP contribution is -2.05. The Hall–Kier alpha value is -10.8. The summed E-state index contributed by atoms with van der Waals surface area (Å²) < 4.78 is 30.7. The monoisotopic (exact) mass is 970 g/mol. The van der Waals surface area contributed by atoms with Gasteiger partial charge in [-0.05, 0) is 131 Å². The van der Waals surface area contributed by atoms with Gasteiger partial charge in [-0.2, -0.15) is 10.5 Å². The Morgan fingerprint density at radius 2 is 0.605 bits per heavy atom. The molecular weight excluding hydrogens is 937 g/mol. The molecule has 0 unspecified atom stereocenters. The lowest BCUT2D eigenvalue weighted by atomic mass is 10.00. The van der Waals surface area contributed by atoms with Crippen molar-refractivity contribution in [3.8, 4) is 45.8 Å². The van der Waals surface area contributed by atoms with Crippen LogP contribution in [-0.2, 0) is 0 Å². The van der Waals surface area contributed by atoms with Crippen LogP contribution in [0.5, 0.6) is 0 Å². The third kappa shape index (κ3) is 5.48. The lowest BCUT2D eigenvalue weighted by molar-refractivity contribution is 0.668. The summed E-state index contributed by atoms with van der Waals surface area (Å²) in [6, 6.07) is 75.6. The van der Waals surface area contributed by atoms with Gasteiger partial charge in [-0.25, -0.2) is 0 Å². The van der Waals surface area contributed by atoms with E-state index in [0.717, 1.165) is 165 Å². The summed E-state index contributed by atoms with van der Waals surface area (Å²) in [4.78, 5) is 0. The number of para-hydroxylation sites is 4. The summed E-state index contributed by atoms with van der Waals surface area (Å²) >= 11 is 0. The first kappa shape index (κ1) is 40.8. The van der Waals surface area contributed by atoms with Crippen molar-refractivity contribution in [2.75, 3.05) is 0 Å². The van der Waals surface area contributed by atoms with Crippen LogP contribution in [0, 0.1) is 22.7 Å². The predicted molar refractivity (Wildman–Crippen MR) is 305 cm³/mol. The molecule has 17 aromatic rings. The fourth-order valence-corrected chi connectivity index (χ4v) is 12.4. The lowest BCUT2D eigenvalue weighted by Gasteiger charge is -2.18. The fourth-order valence-electron chi connectivity index (χ4n) is 12.4. The molecule has 17 rings (SSSR count). The van der Waals surface area contributed by atoms with E-state index in [2.05, 4.69) is 143 Å². The standard InChI is InChI=1S/C68H34N4O4/c69-35-41-33-57(71-53-23-17-37(39-19-27-63-49(29-39)45-11-3-5-13-59(45)73-63)31-51(53)65-55(71)25-21-47-43-9-1-7-15-61(43)75-67(47)65)58(34-42(41)36-70)72-54-24-18-38(40-20-28-64-50(30-40)46-12-4-6-14-60(46)74-64)32-52(54)66-56(72)26-22-48-44-10-2-8-16-62(44)76-68(48)66/h1-34H. The normalized spacial score (nSPS) is 12.2. The molecular formula is C68H34N4O4. The second-order valence-electron chi connectivity index (χ2n) is 19.7. The summed E-state index contributed by atoms with van der Waals surface area (Å²) in [5.41, 5.74) is 16.2. The molecule has 0 fully saturated rings. The Balaban J connectivity index is 0.970. The molecule has 6 aromatic heterocycles. The molecule has 0 spiro atoms. The maximum Gasteiger partial charge on any atom is 0.145 e. The van der Waals surface area contributed by atoms with Crippen molar-refractivity contribution < 1.29 is 17.7 Å². The van der Waals surface area contributed by atoms with Gasteiger partial charge in [-0.1, -0.05) is 97.1 Å². The Morgan fingerprint density at radius 1 is 0.276 bits per heavy atom. The first-order chi connectivity index (χ1) is 37.6. The molecule has 0 amide bonds. The molecule has 0 bridgehead atoms. The molecule has 0 radical (unpaired) electrons. The zero-order valence-electron chi connectivity index (χ0n) is 40.1. The van der Waals surface area contributed by atoms with Gasteiger partial charge in [0.1, 0.15) is 56.8 Å². The van der Waals surface area contributed by atoms with Crippen LogP contribution in [0.25, 0.3) is 165 Å². The highest BCUT2D eigenvalue weighted by Crippen LogP contribution is 2.47. The molecule has 0 aliphatic carbocycles. The fraction of sp³-hybridized carbons (Fsp3) is 0. The second-order valence-corrected chi connectivity index (χ2v) is 19.7. The third-order valence-corrected chi connectivity index (χ3v) is 15.8. The zero-order chi connectivity index (χ0) is 49.9. The first-order valence-electron chi connectivity index (χ1n) is 25.2. The van der Waals surface area contributed by atoms with Gasteiger partial charge in [0.15, 0.2) is 0 Å². The minimum Gasteiger partial charge on any atom is -0.456 e. The van der Waals surface area contributed by atoms with Gasteiger partial charge in [0.25, 0.3) is 0 Å². The number of nitriles is 2. The van der Waals surface area contributed by atoms with Crippen LogP contribution in [0.1, 0.15) is 11.1 Å². The Bertz CT molecular complexity index is 5180. The van der Waals surface area contributed by atoms with E-state index >= 15 is 0 Å². The van der Waals surface area contributed by atoms with E-state index in [4.69, 9.17) is 17.7 Å². The highest BCUT2D eigenvalue weighted by atomic mass is 16.3. The molecule has 0 atom stereocenters. The highest BCUT2D eigenvalue weighted by Gasteiger charge is 2.26. The topological polar surface area (TPSA) is 110 Å². The van der Waals surface area contributed by atoms with Gasteiger partial charge in [0.2, 0.25) is 0 Å². The smallest absolute Gasteiger partial charge is 0.145 e. The molecule has 350 valence electrons. The molecule has 0 saturated heterocycles. The van der Waals surface area contributed by atoms with Gasteiger partial charge in [-0.3, -0.25) is 0 Å². The average Bonchev–Trinajstić information content (AvgIpc) is 4.36. The first-order valence-corrected chi connectivity index (χ1v) is 25.2. The molecule has 8 nitrogen and oxygen atoms in total. The Kier molecular flexibility index (Phi) is 7.99. The minimum absolute atomic E-state index is 0.267. The van der Waals surface area contributed by atoms with Crippen LogP contribution >= 0.6 is 0 Å². The highest BCUT2D eigenvalue weighted by molar-refractivity contribution is 6.26. The van der Waals surface area contributed by atoms with Crippen molar-refractivity contribution >= 4 is 131 Å². The van der Waals surface area contributed by atoms with E-state index in [1.807, 2.05) is 84.9 Å². The summed E-state index contributed by atoms with van der Waals surface area (Å²) in [7, 11) is 0. The van der Waals surface area contributed by atoms with Crippen LogP contribution in [0.4, 0.5) is 0 Å². The molecule has 0 saturated carbocycles. The minimum atomic E-state index is 0.267. The molecule has 6 heterocycles. The number of nitrogens with zero attached hydrogens (tertiary/aromatic N) is 4. The van der Waals surface area contributed by atoms with Crippen LogP contribution in [0.3, 0.4) is 0 Å². The van der Waals surface area contributed by atoms with Crippen molar-refractivity contribution in [1.82, 2.24) is 9.13 Å². The summed E-state index contributed by atoms with van der Waals surface area (Å²) in [5.74, 6) is 0. The average molecular weight is 971 g/mol. The van der Waals surface area contributed by atoms with Crippen molar-refractivity contribution in [3.05, 3.63) is 217 Å². The third-order valence-electron chi connectivity index (χ3n) is 15.8. The van der Waals surface area contributed by atoms with E-state index in [1.54, 1.807) is 0 Å². The maximum atomic E-state index is 10.9. The van der Waals surface area contributed by atoms with Crippen molar-refractivity contribution in [2.24, 2.45) is 0 Å². The van der Waals surface area contributed by atoms with Gasteiger partial charge >= 0.3 is 0 Å². The zero-order valence-corrected chi connectivity index (χ0v) is 40.1. The molecule has 11 aromatic carbocycles. The van der Waals surface area contributed by atoms with Crippen molar-refractivity contribution in [1.29, 1.82) is 10.5 Å². The van der Waals surface area contributed by atoms with E-state index in [0.29, 0.717) is 0 Å². The van der Waals surface area contributed by atoms with Gasteiger partial charge < -0.3 is 26.8 Å². The molecule has 0 N–H and O–H groups in total. The summed E-state index contributed by atoms with van der Waals surface area (Å²) in [5, 5.41) is 33.8. The van der Waals surface area contributed by atoms with Crippen LogP contribution in [-0.4, -0.2) is 9.13 Å². The van der Waals surface area contributed by atoms with Gasteiger partial charge in [-0.15, -0.1) is 0 Å². The molecule has 8 heteroatoms. The van der Waals surface area contributed by atoms with E-state index in [1.165, 1.54) is 0 Å². The summed E-state index contributed by atoms with van der Waals surface area (Å²) in [6.45, 7) is 0. The number of furan rings is 4. The van der Waals surface area contributed by atoms with E-state index in [9.17, 15) is 10.5 Å². The number of aromatic nitrogens is 2. The second kappa shape index (κ2) is 14.9. The maximum absolute atomic E-state index is 10.9. The summed E-state index contributed by atoms with van der Waals surface area (Å²) in [6.07, 6.45) is 0. The predicted octanol–water partition coefficient (Wildman–Crippen LogP) is 18.6. The van der Waals surface area contributed by atoms with E-state index < -0.39 is 0 Å². The number of hydrogen-bond acceptors (Lipinski definition) is 6. The number of benzene rings is 11. The van der Waals surface area contributed by atoms with Crippen LogP contribution in [0.15, 0.2) is 224 Å². The Morgan fingerprint density at radius 3 is 1.01 bits per heavy atom. The number of rotatable bonds is 4. The van der Waals surface area contributed by atoms with Gasteiger partial charge in [0.05, 0.1) is 55.3 Å². The quantitative estimate of drug-likeness (QED) is 0.174. The van der Waals surface area contributed by atoms with Crippen LogP contribution < -0.4 is 0 Å². The number of hydrogen-bond donors (Lipinski definition) is 0. The Labute approximate surface area is 429 Å². The van der Waals surface area contributed by atoms with Crippen molar-refractivity contribution in [3.63, 3.8) is 0 Å². The molecule has 76 heavy (non-hydrogen) atoms. The largest absolute Gasteiger partial charge is 0.456 e. The molecule has 0 aliphatic rings. The number of fused-ring (bicyclic) bond motifs is 20. The SMILES string of the molecule is N#Cc1cc(-n2c3ccc(-c4ccc5oc6ccccc6c5c4)cc3c3c4oc5ccccc5c4ccc32)c(-n2c3ccc(-c4ccc5oc6ccccc6c5c4)cc3c3c4oc5ccccc5c4ccc32)cc1C#N. The van der Waals surface area contributed by atoms with Gasteiger partial charge in [0, 0.05) is 53.9 Å². The van der Waals surface area contributed by atoms with E-state index in [-0.39, 0.29) is 11.1 Å².